The first-order valence-corrected chi connectivity index (χ1v) is 26.3. The molecule has 0 aliphatic carbocycles. The van der Waals surface area contributed by atoms with Gasteiger partial charge in [-0.1, -0.05) is 169 Å². The molecule has 0 fully saturated rings. The molecule has 0 aliphatic rings. The Balaban J connectivity index is 0.000000244. The zero-order chi connectivity index (χ0) is 46.3. The van der Waals surface area contributed by atoms with Gasteiger partial charge in [0.2, 0.25) is 0 Å². The van der Waals surface area contributed by atoms with E-state index in [0.29, 0.717) is 0 Å². The van der Waals surface area contributed by atoms with Crippen LogP contribution < -0.4 is 5.19 Å². The number of furan rings is 1. The molecule has 0 saturated heterocycles. The number of hydrogen-bond donors (Lipinski definition) is 0. The van der Waals surface area contributed by atoms with E-state index in [1.807, 2.05) is 56.4 Å². The van der Waals surface area contributed by atoms with Gasteiger partial charge in [-0.05, 0) is 92.3 Å². The van der Waals surface area contributed by atoms with Gasteiger partial charge >= 0.3 is 0 Å². The van der Waals surface area contributed by atoms with Crippen LogP contribution in [0.15, 0.2) is 168 Å². The smallest absolute Gasteiger partial charge is 0.121 e. The van der Waals surface area contributed by atoms with E-state index in [0.717, 1.165) is 66.7 Å². The van der Waals surface area contributed by atoms with Crippen LogP contribution in [0.1, 0.15) is 77.3 Å². The van der Waals surface area contributed by atoms with Crippen molar-refractivity contribution in [1.82, 2.24) is 14.5 Å². The average Bonchev–Trinajstić information content (AvgIpc) is 3.90. The molecule has 7 aromatic carbocycles. The summed E-state index contributed by atoms with van der Waals surface area (Å²) in [5.41, 5.74) is 16.1. The molecule has 0 atom stereocenters. The van der Waals surface area contributed by atoms with Crippen LogP contribution in [-0.4, -0.2) is 22.6 Å². The summed E-state index contributed by atoms with van der Waals surface area (Å²) in [6.07, 6.45) is 1.98. The molecule has 3 aromatic heterocycles. The van der Waals surface area contributed by atoms with Crippen molar-refractivity contribution in [1.29, 1.82) is 0 Å². The summed E-state index contributed by atoms with van der Waals surface area (Å²) in [6, 6.07) is 61.6. The van der Waals surface area contributed by atoms with Crippen molar-refractivity contribution in [2.24, 2.45) is 0 Å². The van der Waals surface area contributed by atoms with E-state index in [-0.39, 0.29) is 31.9 Å². The van der Waals surface area contributed by atoms with E-state index >= 15 is 0 Å². The van der Waals surface area contributed by atoms with Crippen LogP contribution in [0.3, 0.4) is 0 Å². The first-order chi connectivity index (χ1) is 31.7. The van der Waals surface area contributed by atoms with Crippen LogP contribution in [0.25, 0.3) is 83.6 Å². The Kier molecular flexibility index (Phi) is 13.2. The zero-order valence-corrected chi connectivity index (χ0v) is 42.7. The molecule has 0 amide bonds. The molecule has 0 aliphatic heterocycles. The molecule has 0 bridgehead atoms. The fraction of sp³-hybridized carbons (Fsp3) is 0.200. The average molecular weight is 1060 g/mol. The van der Waals surface area contributed by atoms with E-state index in [1.54, 1.807) is 0 Å². The molecule has 4 nitrogen and oxygen atoms in total. The van der Waals surface area contributed by atoms with Crippen molar-refractivity contribution in [3.8, 4) is 50.6 Å². The summed E-state index contributed by atoms with van der Waals surface area (Å²) >= 11 is 0. The van der Waals surface area contributed by atoms with Crippen molar-refractivity contribution >= 4 is 46.2 Å². The second-order valence-electron chi connectivity index (χ2n) is 18.9. The van der Waals surface area contributed by atoms with Gasteiger partial charge in [-0.2, -0.15) is 0 Å². The van der Waals surface area contributed by atoms with Gasteiger partial charge < -0.3 is 14.0 Å². The van der Waals surface area contributed by atoms with Gasteiger partial charge in [-0.3, -0.25) is 4.98 Å². The minimum atomic E-state index is -1.50. The van der Waals surface area contributed by atoms with Gasteiger partial charge in [0.1, 0.15) is 5.58 Å². The molecule has 0 unspecified atom stereocenters. The molecule has 10 aromatic rings. The number of benzene rings is 7. The van der Waals surface area contributed by atoms with Crippen molar-refractivity contribution in [2.45, 2.75) is 78.9 Å². The minimum Gasteiger partial charge on any atom is -0.501 e. The number of rotatable bonds is 9. The maximum absolute atomic E-state index is 8.44. The predicted molar refractivity (Wildman–Crippen MR) is 277 cm³/mol. The van der Waals surface area contributed by atoms with E-state index < -0.39 is 14.0 Å². The maximum atomic E-state index is 8.44. The fourth-order valence-electron chi connectivity index (χ4n) is 8.92. The summed E-state index contributed by atoms with van der Waals surface area (Å²) in [6.45, 7) is 19.9. The van der Waals surface area contributed by atoms with E-state index in [1.165, 1.54) is 38.7 Å². The third-order valence-electron chi connectivity index (χ3n) is 12.3. The molecule has 0 N–H and O–H groups in total. The van der Waals surface area contributed by atoms with Gasteiger partial charge in [0.25, 0.3) is 0 Å². The Labute approximate surface area is 406 Å². The minimum absolute atomic E-state index is 0. The number of pyridine rings is 1. The number of aromatic nitrogens is 3. The monoisotopic (exact) mass is 1060 g/mol. The van der Waals surface area contributed by atoms with Crippen LogP contribution in [0, 0.1) is 12.1 Å². The van der Waals surface area contributed by atoms with Crippen LogP contribution in [0.4, 0.5) is 0 Å². The second kappa shape index (κ2) is 19.3. The number of imidazole rings is 1. The van der Waals surface area contributed by atoms with Crippen LogP contribution >= 0.6 is 0 Å². The van der Waals surface area contributed by atoms with Crippen molar-refractivity contribution in [3.63, 3.8) is 0 Å². The predicted octanol–water partition coefficient (Wildman–Crippen LogP) is 16.2. The van der Waals surface area contributed by atoms with Gasteiger partial charge in [0.05, 0.1) is 30.5 Å². The molecule has 10 rings (SSSR count). The van der Waals surface area contributed by atoms with E-state index in [2.05, 4.69) is 190 Å². The quantitative estimate of drug-likeness (QED) is 0.107. The van der Waals surface area contributed by atoms with Crippen molar-refractivity contribution < 1.29 is 25.9 Å². The topological polar surface area (TPSA) is 43.9 Å². The molecule has 6 heteroatoms. The standard InChI is InChI=1S/C43H35N2O.C17H22NSi.Ir/c1-27(2)36-24-32(30-16-9-6-10-17-30)25-37(28(3)4)41(36)45-39-21-12-11-20-38(39)44-43(45)35-19-13-18-34-33-23-22-31(26-40(33)46-42(34)35)29-14-7-5-8-15-29;1-13(2)15-11-16(14-9-7-6-8-10-14)18-12-17(15)19(3,4)5;/h5-18,20-28H,1-4H3;6-9,11-13H,1-5H3;/q2*-1;/i;13D;. The first-order valence-electron chi connectivity index (χ1n) is 23.3. The van der Waals surface area contributed by atoms with E-state index in [9.17, 15) is 0 Å². The molecule has 66 heavy (non-hydrogen) atoms. The first kappa shape index (κ1) is 45.0. The van der Waals surface area contributed by atoms with Crippen molar-refractivity contribution in [2.75, 3.05) is 0 Å². The summed E-state index contributed by atoms with van der Waals surface area (Å²) in [5, 5.41) is 3.43. The van der Waals surface area contributed by atoms with Crippen LogP contribution in [-0.2, 0) is 20.1 Å². The number of para-hydroxylation sites is 2. The van der Waals surface area contributed by atoms with Crippen LogP contribution in [0.5, 0.6) is 0 Å². The molecular weight excluding hydrogens is 999 g/mol. The Morgan fingerprint density at radius 2 is 1.24 bits per heavy atom. The molecule has 3 heterocycles. The third kappa shape index (κ3) is 9.15. The maximum Gasteiger partial charge on any atom is 0.121 e. The largest absolute Gasteiger partial charge is 0.501 e. The SMILES string of the molecule is CC(C)c1cc(-c2ccccc2)cc(C(C)C)c1-n1c(-c2[c-]ccc3c2oc2cc(-c4ccccc4)ccc23)nc2ccccc21.[2H]C(C)(C)c1cc(-c2[c-]cccc2)ncc1[Si](C)(C)C.[Ir]. The van der Waals surface area contributed by atoms with Crippen LogP contribution in [0.2, 0.25) is 19.6 Å². The van der Waals surface area contributed by atoms with E-state index in [4.69, 9.17) is 10.8 Å². The van der Waals surface area contributed by atoms with Gasteiger partial charge in [-0.25, -0.2) is 0 Å². The number of hydrogen-bond acceptors (Lipinski definition) is 3. The Bertz CT molecular complexity index is 3300. The third-order valence-corrected chi connectivity index (χ3v) is 14.3. The molecule has 1 radical (unpaired) electrons. The number of fused-ring (bicyclic) bond motifs is 4. The van der Waals surface area contributed by atoms with Gasteiger partial charge in [0, 0.05) is 38.7 Å². The van der Waals surface area contributed by atoms with Gasteiger partial charge in [-0.15, -0.1) is 54.1 Å². The summed E-state index contributed by atoms with van der Waals surface area (Å²) in [7, 11) is -1.50. The summed E-state index contributed by atoms with van der Waals surface area (Å²) < 4.78 is 17.5. The zero-order valence-electron chi connectivity index (χ0n) is 40.3. The molecular formula is C60H57IrN3OSi-2. The van der Waals surface area contributed by atoms with Crippen molar-refractivity contribution in [3.05, 3.63) is 193 Å². The summed E-state index contributed by atoms with van der Waals surface area (Å²) in [5.74, 6) is 0.799. The second-order valence-corrected chi connectivity index (χ2v) is 23.9. The molecule has 0 saturated carbocycles. The Morgan fingerprint density at radius 1 is 0.606 bits per heavy atom. The fourth-order valence-corrected chi connectivity index (χ4v) is 10.5. The molecule has 333 valence electrons. The summed E-state index contributed by atoms with van der Waals surface area (Å²) in [4.78, 5) is 9.91. The molecule has 0 spiro atoms. The number of nitrogens with zero attached hydrogens (tertiary/aromatic N) is 3. The Hall–Kier alpha value is -6.17. The normalized spacial score (nSPS) is 12.1. The Morgan fingerprint density at radius 3 is 1.86 bits per heavy atom. The van der Waals surface area contributed by atoms with Gasteiger partial charge in [0.15, 0.2) is 0 Å².